The summed E-state index contributed by atoms with van der Waals surface area (Å²) in [4.78, 5) is 26.7. The van der Waals surface area contributed by atoms with Crippen LogP contribution in [0.15, 0.2) is 23.3 Å². The molecule has 2 heterocycles. The third-order valence-electron chi connectivity index (χ3n) is 5.65. The summed E-state index contributed by atoms with van der Waals surface area (Å²) >= 11 is 0. The zero-order valence-electron chi connectivity index (χ0n) is 17.1. The number of carbonyl (C=O) groups excluding carboxylic acids is 2. The number of aliphatic hydroxyl groups excluding tert-OH is 1. The largest absolute Gasteiger partial charge is 0.459 e. The molecule has 1 fully saturated rings. The van der Waals surface area contributed by atoms with Gasteiger partial charge in [-0.15, -0.1) is 0 Å². The number of carbonyl (C=O) groups is 2. The van der Waals surface area contributed by atoms with Crippen molar-refractivity contribution in [2.24, 2.45) is 0 Å². The molecule has 0 unspecified atom stereocenters. The molecule has 2 aliphatic rings. The van der Waals surface area contributed by atoms with Crippen LogP contribution in [0.2, 0.25) is 0 Å². The molecule has 0 bridgehead atoms. The Morgan fingerprint density at radius 1 is 1.39 bits per heavy atom. The fourth-order valence-corrected chi connectivity index (χ4v) is 3.66. The zero-order valence-corrected chi connectivity index (χ0v) is 17.1. The molecule has 0 aromatic carbocycles. The quantitative estimate of drug-likeness (QED) is 0.319. The molecular formula is C20H31NO7. The van der Waals surface area contributed by atoms with Gasteiger partial charge in [0.2, 0.25) is 5.60 Å². The highest BCUT2D eigenvalue weighted by Crippen LogP contribution is 2.33. The Balaban J connectivity index is 2.06. The summed E-state index contributed by atoms with van der Waals surface area (Å²) in [5.74, 6) is -1.48. The molecule has 0 saturated carbocycles. The molecule has 2 aliphatic heterocycles. The third-order valence-corrected chi connectivity index (χ3v) is 5.65. The molecule has 2 rings (SSSR count). The lowest BCUT2D eigenvalue weighted by molar-refractivity contribution is -0.213. The first kappa shape index (κ1) is 22.5. The molecular weight excluding hydrogens is 366 g/mol. The monoisotopic (exact) mass is 397 g/mol. The van der Waals surface area contributed by atoms with Crippen LogP contribution in [0.1, 0.15) is 41.0 Å². The summed E-state index contributed by atoms with van der Waals surface area (Å²) < 4.78 is 10.9. The maximum Gasteiger partial charge on any atom is 0.344 e. The standard InChI is InChI=1S/C20H31NO7/c1-6-12(2)17(23)28-15-8-10-21-9-7-14(16(15)21)11-27-18(24)20(26,13(3)22)19(4,5)25/h6-7,13,15-16,22,25-26H,8-11H2,1-5H3/b12-6+/t13-,15+,16+,20-/m0/s1. The topological polar surface area (TPSA) is 117 Å². The van der Waals surface area contributed by atoms with Gasteiger partial charge in [-0.05, 0) is 46.6 Å². The van der Waals surface area contributed by atoms with Crippen molar-refractivity contribution in [1.82, 2.24) is 4.90 Å². The van der Waals surface area contributed by atoms with E-state index in [1.807, 2.05) is 6.08 Å². The van der Waals surface area contributed by atoms with E-state index in [1.54, 1.807) is 19.9 Å². The van der Waals surface area contributed by atoms with E-state index in [4.69, 9.17) is 9.47 Å². The van der Waals surface area contributed by atoms with Crippen molar-refractivity contribution in [2.45, 2.75) is 70.5 Å². The van der Waals surface area contributed by atoms with E-state index in [0.29, 0.717) is 18.5 Å². The number of aliphatic hydroxyl groups is 3. The van der Waals surface area contributed by atoms with Crippen molar-refractivity contribution in [3.63, 3.8) is 0 Å². The molecule has 28 heavy (non-hydrogen) atoms. The van der Waals surface area contributed by atoms with E-state index in [9.17, 15) is 24.9 Å². The van der Waals surface area contributed by atoms with Crippen molar-refractivity contribution in [2.75, 3.05) is 19.7 Å². The molecule has 8 heteroatoms. The van der Waals surface area contributed by atoms with Crippen molar-refractivity contribution >= 4 is 11.9 Å². The van der Waals surface area contributed by atoms with Gasteiger partial charge in [-0.3, -0.25) is 4.90 Å². The molecule has 1 saturated heterocycles. The Kier molecular flexibility index (Phi) is 6.70. The van der Waals surface area contributed by atoms with Gasteiger partial charge in [0, 0.05) is 18.7 Å². The van der Waals surface area contributed by atoms with E-state index < -0.39 is 23.3 Å². The van der Waals surface area contributed by atoms with Crippen LogP contribution in [0.5, 0.6) is 0 Å². The Labute approximate surface area is 165 Å². The minimum absolute atomic E-state index is 0.123. The van der Waals surface area contributed by atoms with Gasteiger partial charge in [0.15, 0.2) is 0 Å². The smallest absolute Gasteiger partial charge is 0.344 e. The maximum absolute atomic E-state index is 12.5. The molecule has 0 radical (unpaired) electrons. The predicted molar refractivity (Wildman–Crippen MR) is 101 cm³/mol. The van der Waals surface area contributed by atoms with Crippen LogP contribution in [-0.2, 0) is 19.1 Å². The molecule has 0 aromatic rings. The summed E-state index contributed by atoms with van der Waals surface area (Å²) in [6.07, 6.45) is 2.40. The fourth-order valence-electron chi connectivity index (χ4n) is 3.66. The Bertz CT molecular complexity index is 677. The number of fused-ring (bicyclic) bond motifs is 1. The van der Waals surface area contributed by atoms with Gasteiger partial charge < -0.3 is 24.8 Å². The Hall–Kier alpha value is -1.74. The molecule has 0 spiro atoms. The summed E-state index contributed by atoms with van der Waals surface area (Å²) in [5, 5.41) is 30.5. The Morgan fingerprint density at radius 2 is 2.04 bits per heavy atom. The minimum atomic E-state index is -2.46. The molecule has 0 aliphatic carbocycles. The second-order valence-electron chi connectivity index (χ2n) is 8.00. The number of allylic oxidation sites excluding steroid dienone is 1. The van der Waals surface area contributed by atoms with Crippen molar-refractivity contribution in [1.29, 1.82) is 0 Å². The van der Waals surface area contributed by atoms with Crippen LogP contribution in [0, 0.1) is 0 Å². The van der Waals surface area contributed by atoms with Gasteiger partial charge in [0.1, 0.15) is 18.3 Å². The average molecular weight is 397 g/mol. The van der Waals surface area contributed by atoms with Gasteiger partial charge >= 0.3 is 11.9 Å². The summed E-state index contributed by atoms with van der Waals surface area (Å²) in [6, 6.07) is -0.191. The normalized spacial score (nSPS) is 26.3. The Morgan fingerprint density at radius 3 is 2.57 bits per heavy atom. The lowest BCUT2D eigenvalue weighted by atomic mass is 9.81. The van der Waals surface area contributed by atoms with Crippen LogP contribution in [0.3, 0.4) is 0 Å². The highest BCUT2D eigenvalue weighted by molar-refractivity contribution is 5.87. The molecule has 4 atom stereocenters. The number of hydrogen-bond donors (Lipinski definition) is 3. The lowest BCUT2D eigenvalue weighted by Gasteiger charge is -2.38. The van der Waals surface area contributed by atoms with E-state index in [2.05, 4.69) is 4.90 Å². The fraction of sp³-hybridized carbons (Fsp3) is 0.700. The first-order valence-electron chi connectivity index (χ1n) is 9.50. The number of hydrogen-bond acceptors (Lipinski definition) is 8. The zero-order chi connectivity index (χ0) is 21.3. The van der Waals surface area contributed by atoms with Gasteiger partial charge in [-0.25, -0.2) is 9.59 Å². The molecule has 0 aromatic heterocycles. The number of nitrogens with zero attached hydrogens (tertiary/aromatic N) is 1. The lowest BCUT2D eigenvalue weighted by Crippen LogP contribution is -2.63. The van der Waals surface area contributed by atoms with E-state index in [0.717, 1.165) is 12.1 Å². The second kappa shape index (κ2) is 8.32. The maximum atomic E-state index is 12.5. The highest BCUT2D eigenvalue weighted by Gasteiger charge is 2.54. The minimum Gasteiger partial charge on any atom is -0.459 e. The van der Waals surface area contributed by atoms with E-state index in [1.165, 1.54) is 20.8 Å². The number of esters is 2. The van der Waals surface area contributed by atoms with E-state index >= 15 is 0 Å². The van der Waals surface area contributed by atoms with Crippen LogP contribution in [0.4, 0.5) is 0 Å². The molecule has 3 N–H and O–H groups in total. The summed E-state index contributed by atoms with van der Waals surface area (Å²) in [7, 11) is 0. The van der Waals surface area contributed by atoms with Crippen LogP contribution in [0.25, 0.3) is 0 Å². The number of ether oxygens (including phenoxy) is 2. The molecule has 0 amide bonds. The summed E-state index contributed by atoms with van der Waals surface area (Å²) in [5.41, 5.74) is -3.06. The van der Waals surface area contributed by atoms with Gasteiger partial charge in [0.05, 0.1) is 12.1 Å². The van der Waals surface area contributed by atoms with Crippen LogP contribution in [-0.4, -0.2) is 81.3 Å². The van der Waals surface area contributed by atoms with Gasteiger partial charge in [0.25, 0.3) is 0 Å². The van der Waals surface area contributed by atoms with Crippen molar-refractivity contribution in [3.8, 4) is 0 Å². The highest BCUT2D eigenvalue weighted by atomic mass is 16.6. The average Bonchev–Trinajstić information content (AvgIpc) is 3.20. The molecule has 158 valence electrons. The first-order chi connectivity index (χ1) is 12.9. The SMILES string of the molecule is C/C=C(\C)C(=O)O[C@@H]1CCN2CC=C(COC(=O)[C@@](O)([C@H](C)O)C(C)(C)O)[C@H]12. The van der Waals surface area contributed by atoms with Gasteiger partial charge in [-0.1, -0.05) is 12.2 Å². The van der Waals surface area contributed by atoms with Crippen LogP contribution >= 0.6 is 0 Å². The second-order valence-corrected chi connectivity index (χ2v) is 8.00. The van der Waals surface area contributed by atoms with Gasteiger partial charge in [-0.2, -0.15) is 0 Å². The summed E-state index contributed by atoms with van der Waals surface area (Å²) in [6.45, 7) is 8.42. The first-order valence-corrected chi connectivity index (χ1v) is 9.50. The third kappa shape index (κ3) is 4.15. The van der Waals surface area contributed by atoms with E-state index in [-0.39, 0.29) is 24.7 Å². The predicted octanol–water partition coefficient (Wildman–Crippen LogP) is 0.305. The van der Waals surface area contributed by atoms with Crippen molar-refractivity contribution in [3.05, 3.63) is 23.3 Å². The number of rotatable bonds is 7. The van der Waals surface area contributed by atoms with Crippen LogP contribution < -0.4 is 0 Å². The molecule has 8 nitrogen and oxygen atoms in total. The van der Waals surface area contributed by atoms with Crippen molar-refractivity contribution < 1.29 is 34.4 Å².